The molecule has 2 fully saturated rings. The average molecular weight is 400 g/mol. The van der Waals surface area contributed by atoms with Gasteiger partial charge in [-0.2, -0.15) is 0 Å². The quantitative estimate of drug-likeness (QED) is 0.653. The van der Waals surface area contributed by atoms with Crippen molar-refractivity contribution < 1.29 is 9.59 Å². The molecule has 0 atom stereocenters. The zero-order valence-electron chi connectivity index (χ0n) is 14.9. The lowest BCUT2D eigenvalue weighted by Gasteiger charge is -2.23. The molecule has 2 aliphatic carbocycles. The van der Waals surface area contributed by atoms with E-state index in [2.05, 4.69) is 16.0 Å². The fraction of sp³-hybridized carbons (Fsp3) is 0.579. The van der Waals surface area contributed by atoms with E-state index in [1.165, 1.54) is 19.3 Å². The van der Waals surface area contributed by atoms with Gasteiger partial charge in [0.05, 0.1) is 17.1 Å². The van der Waals surface area contributed by atoms with Gasteiger partial charge in [-0.25, -0.2) is 0 Å². The molecule has 144 valence electrons. The van der Waals surface area contributed by atoms with E-state index in [1.54, 1.807) is 18.2 Å². The van der Waals surface area contributed by atoms with Gasteiger partial charge in [-0.05, 0) is 56.3 Å². The number of hydrogen-bond donors (Lipinski definition) is 3. The predicted octanol–water partition coefficient (Wildman–Crippen LogP) is 3.76. The largest absolute Gasteiger partial charge is 0.349 e. The number of halogens is 2. The van der Waals surface area contributed by atoms with Crippen LogP contribution in [0.1, 0.15) is 55.3 Å². The SMILES string of the molecule is Cl.O=C(CNCC1CC1)Nc1ccc(Cl)c(C(=O)NC2CCCCC2)c1. The Kier molecular flexibility index (Phi) is 8.19. The monoisotopic (exact) mass is 399 g/mol. The predicted molar refractivity (Wildman–Crippen MR) is 107 cm³/mol. The fourth-order valence-electron chi connectivity index (χ4n) is 3.20. The van der Waals surface area contributed by atoms with Gasteiger partial charge in [0.2, 0.25) is 5.91 Å². The van der Waals surface area contributed by atoms with Gasteiger partial charge in [0.15, 0.2) is 0 Å². The van der Waals surface area contributed by atoms with Gasteiger partial charge in [0.25, 0.3) is 5.91 Å². The van der Waals surface area contributed by atoms with Crippen LogP contribution in [0.3, 0.4) is 0 Å². The molecule has 3 N–H and O–H groups in total. The summed E-state index contributed by atoms with van der Waals surface area (Å²) in [6.07, 6.45) is 8.10. The third-order valence-electron chi connectivity index (χ3n) is 4.85. The van der Waals surface area contributed by atoms with Crippen molar-refractivity contribution in [1.82, 2.24) is 10.6 Å². The summed E-state index contributed by atoms with van der Waals surface area (Å²) in [4.78, 5) is 24.5. The molecule has 1 aromatic carbocycles. The minimum absolute atomic E-state index is 0. The van der Waals surface area contributed by atoms with Crippen LogP contribution < -0.4 is 16.0 Å². The van der Waals surface area contributed by atoms with Crippen LogP contribution in [0.2, 0.25) is 5.02 Å². The number of amides is 2. The molecule has 7 heteroatoms. The number of rotatable bonds is 7. The Morgan fingerprint density at radius 2 is 1.81 bits per heavy atom. The molecule has 2 amide bonds. The van der Waals surface area contributed by atoms with Gasteiger partial charge in [-0.3, -0.25) is 9.59 Å². The van der Waals surface area contributed by atoms with Gasteiger partial charge in [-0.1, -0.05) is 30.9 Å². The molecular weight excluding hydrogens is 373 g/mol. The highest BCUT2D eigenvalue weighted by Gasteiger charge is 2.21. The maximum atomic E-state index is 12.5. The van der Waals surface area contributed by atoms with Crippen LogP contribution >= 0.6 is 24.0 Å². The lowest BCUT2D eigenvalue weighted by atomic mass is 9.95. The fourth-order valence-corrected chi connectivity index (χ4v) is 3.41. The van der Waals surface area contributed by atoms with E-state index in [0.717, 1.165) is 38.1 Å². The van der Waals surface area contributed by atoms with E-state index >= 15 is 0 Å². The summed E-state index contributed by atoms with van der Waals surface area (Å²) in [5, 5.41) is 9.44. The van der Waals surface area contributed by atoms with Crippen molar-refractivity contribution in [3.05, 3.63) is 28.8 Å². The molecule has 3 rings (SSSR count). The van der Waals surface area contributed by atoms with Crippen molar-refractivity contribution in [2.45, 2.75) is 51.0 Å². The summed E-state index contributed by atoms with van der Waals surface area (Å²) in [6.45, 7) is 1.17. The van der Waals surface area contributed by atoms with Crippen LogP contribution in [-0.2, 0) is 4.79 Å². The second-order valence-corrected chi connectivity index (χ2v) is 7.53. The highest BCUT2D eigenvalue weighted by molar-refractivity contribution is 6.34. The summed E-state index contributed by atoms with van der Waals surface area (Å²) in [5.74, 6) is 0.458. The molecule has 0 bridgehead atoms. The van der Waals surface area contributed by atoms with E-state index in [4.69, 9.17) is 11.6 Å². The second kappa shape index (κ2) is 10.1. The molecule has 26 heavy (non-hydrogen) atoms. The van der Waals surface area contributed by atoms with Gasteiger partial charge < -0.3 is 16.0 Å². The Hall–Kier alpha value is -1.30. The van der Waals surface area contributed by atoms with Gasteiger partial charge in [-0.15, -0.1) is 12.4 Å². The Morgan fingerprint density at radius 1 is 1.08 bits per heavy atom. The van der Waals surface area contributed by atoms with Crippen LogP contribution in [0.25, 0.3) is 0 Å². The van der Waals surface area contributed by atoms with E-state index in [0.29, 0.717) is 16.3 Å². The lowest BCUT2D eigenvalue weighted by molar-refractivity contribution is -0.115. The maximum Gasteiger partial charge on any atom is 0.253 e. The molecule has 2 saturated carbocycles. The van der Waals surface area contributed by atoms with Gasteiger partial charge in [0.1, 0.15) is 0 Å². The summed E-state index contributed by atoms with van der Waals surface area (Å²) >= 11 is 6.18. The number of carbonyl (C=O) groups excluding carboxylic acids is 2. The topological polar surface area (TPSA) is 70.2 Å². The van der Waals surface area contributed by atoms with Gasteiger partial charge in [0, 0.05) is 11.7 Å². The Morgan fingerprint density at radius 3 is 2.50 bits per heavy atom. The average Bonchev–Trinajstić information content (AvgIpc) is 3.42. The van der Waals surface area contributed by atoms with Crippen molar-refractivity contribution >= 4 is 41.5 Å². The Labute approximate surface area is 166 Å². The summed E-state index contributed by atoms with van der Waals surface area (Å²) in [6, 6.07) is 5.25. The number of benzene rings is 1. The molecule has 0 radical (unpaired) electrons. The number of hydrogen-bond acceptors (Lipinski definition) is 3. The Bertz CT molecular complexity index is 629. The summed E-state index contributed by atoms with van der Waals surface area (Å²) in [7, 11) is 0. The first-order valence-corrected chi connectivity index (χ1v) is 9.60. The number of carbonyl (C=O) groups is 2. The molecule has 0 aromatic heterocycles. The highest BCUT2D eigenvalue weighted by Crippen LogP contribution is 2.27. The van der Waals surface area contributed by atoms with Crippen molar-refractivity contribution in [2.75, 3.05) is 18.4 Å². The van der Waals surface area contributed by atoms with E-state index in [-0.39, 0.29) is 36.8 Å². The van der Waals surface area contributed by atoms with Crippen molar-refractivity contribution in [2.24, 2.45) is 5.92 Å². The van der Waals surface area contributed by atoms with Crippen LogP contribution in [-0.4, -0.2) is 30.9 Å². The zero-order valence-corrected chi connectivity index (χ0v) is 16.4. The molecule has 0 saturated heterocycles. The van der Waals surface area contributed by atoms with Crippen LogP contribution in [0, 0.1) is 5.92 Å². The van der Waals surface area contributed by atoms with Crippen molar-refractivity contribution in [3.63, 3.8) is 0 Å². The third-order valence-corrected chi connectivity index (χ3v) is 5.18. The smallest absolute Gasteiger partial charge is 0.253 e. The Balaban J connectivity index is 0.00000243. The van der Waals surface area contributed by atoms with E-state index < -0.39 is 0 Å². The minimum atomic E-state index is -0.167. The van der Waals surface area contributed by atoms with Crippen LogP contribution in [0.4, 0.5) is 5.69 Å². The molecule has 0 aliphatic heterocycles. The number of anilines is 1. The number of nitrogens with one attached hydrogen (secondary N) is 3. The highest BCUT2D eigenvalue weighted by atomic mass is 35.5. The second-order valence-electron chi connectivity index (χ2n) is 7.13. The third kappa shape index (κ3) is 6.45. The van der Waals surface area contributed by atoms with Crippen molar-refractivity contribution in [1.29, 1.82) is 0 Å². The first-order valence-electron chi connectivity index (χ1n) is 9.23. The normalized spacial score (nSPS) is 17.3. The summed E-state index contributed by atoms with van der Waals surface area (Å²) < 4.78 is 0. The minimum Gasteiger partial charge on any atom is -0.349 e. The van der Waals surface area contributed by atoms with Crippen LogP contribution in [0.15, 0.2) is 18.2 Å². The molecular formula is C19H27Cl2N3O2. The summed E-state index contributed by atoms with van der Waals surface area (Å²) in [5.41, 5.74) is 1.01. The van der Waals surface area contributed by atoms with E-state index in [1.807, 2.05) is 0 Å². The molecule has 0 unspecified atom stereocenters. The first kappa shape index (κ1) is 21.0. The molecule has 0 spiro atoms. The molecule has 2 aliphatic rings. The molecule has 1 aromatic rings. The molecule has 5 nitrogen and oxygen atoms in total. The van der Waals surface area contributed by atoms with Crippen molar-refractivity contribution in [3.8, 4) is 0 Å². The lowest BCUT2D eigenvalue weighted by Crippen LogP contribution is -2.36. The van der Waals surface area contributed by atoms with Gasteiger partial charge >= 0.3 is 0 Å². The van der Waals surface area contributed by atoms with Crippen LogP contribution in [0.5, 0.6) is 0 Å². The zero-order chi connectivity index (χ0) is 17.6. The molecule has 0 heterocycles. The first-order chi connectivity index (χ1) is 12.1. The van der Waals surface area contributed by atoms with E-state index in [9.17, 15) is 9.59 Å². The maximum absolute atomic E-state index is 12.5. The standard InChI is InChI=1S/C19H26ClN3O2.ClH/c20-17-9-8-15(22-18(24)12-21-11-13-6-7-13)10-16(17)19(25)23-14-4-2-1-3-5-14;/h8-10,13-14,21H,1-7,11-12H2,(H,22,24)(H,23,25);1H.